The molecule has 0 bridgehead atoms. The largest absolute Gasteiger partial charge is 0.385 e. The molecule has 1 saturated carbocycles. The average molecular weight is 279 g/mol. The second kappa shape index (κ2) is 5.82. The van der Waals surface area contributed by atoms with Gasteiger partial charge in [0.2, 0.25) is 0 Å². The molecule has 0 heterocycles. The molecule has 1 aliphatic carbocycles. The van der Waals surface area contributed by atoms with Crippen molar-refractivity contribution in [3.05, 3.63) is 35.6 Å². The molecule has 0 spiro atoms. The maximum atomic E-state index is 13.5. The van der Waals surface area contributed by atoms with Crippen LogP contribution in [0, 0.1) is 17.2 Å². The molecule has 1 aromatic rings. The first-order chi connectivity index (χ1) is 9.45. The number of nitrogens with two attached hydrogens (primary N) is 1. The predicted octanol–water partition coefficient (Wildman–Crippen LogP) is 3.58. The van der Waals surface area contributed by atoms with Crippen molar-refractivity contribution in [2.75, 3.05) is 6.54 Å². The van der Waals surface area contributed by atoms with Crippen LogP contribution in [0.25, 0.3) is 0 Å². The maximum Gasteiger partial charge on any atom is 0.123 e. The summed E-state index contributed by atoms with van der Waals surface area (Å²) in [6, 6.07) is 6.29. The lowest BCUT2D eigenvalue weighted by Gasteiger charge is -2.49. The lowest BCUT2D eigenvalue weighted by molar-refractivity contribution is -0.0982. The van der Waals surface area contributed by atoms with Crippen molar-refractivity contribution in [1.29, 1.82) is 0 Å². The summed E-state index contributed by atoms with van der Waals surface area (Å²) in [6.45, 7) is 4.44. The highest BCUT2D eigenvalue weighted by Gasteiger charge is 2.48. The van der Waals surface area contributed by atoms with Gasteiger partial charge in [0.25, 0.3) is 0 Å². The monoisotopic (exact) mass is 279 g/mol. The third-order valence-corrected chi connectivity index (χ3v) is 5.45. The van der Waals surface area contributed by atoms with Gasteiger partial charge >= 0.3 is 0 Å². The van der Waals surface area contributed by atoms with E-state index in [0.717, 1.165) is 31.6 Å². The van der Waals surface area contributed by atoms with E-state index >= 15 is 0 Å². The Kier molecular flexibility index (Phi) is 4.50. The van der Waals surface area contributed by atoms with E-state index in [2.05, 4.69) is 6.92 Å². The number of hydrogen-bond donors (Lipinski definition) is 2. The lowest BCUT2D eigenvalue weighted by atomic mass is 9.59. The van der Waals surface area contributed by atoms with Gasteiger partial charge in [-0.25, -0.2) is 4.39 Å². The highest BCUT2D eigenvalue weighted by atomic mass is 19.1. The number of hydrogen-bond acceptors (Lipinski definition) is 2. The van der Waals surface area contributed by atoms with Crippen molar-refractivity contribution in [1.82, 2.24) is 0 Å². The van der Waals surface area contributed by atoms with Crippen molar-refractivity contribution in [3.63, 3.8) is 0 Å². The summed E-state index contributed by atoms with van der Waals surface area (Å²) in [6.07, 6.45) is 5.19. The summed E-state index contributed by atoms with van der Waals surface area (Å²) < 4.78 is 13.5. The number of aliphatic hydroxyl groups is 1. The predicted molar refractivity (Wildman–Crippen MR) is 79.7 cm³/mol. The molecule has 0 amide bonds. The zero-order valence-corrected chi connectivity index (χ0v) is 12.5. The minimum absolute atomic E-state index is 0.308. The van der Waals surface area contributed by atoms with Crippen LogP contribution >= 0.6 is 0 Å². The van der Waals surface area contributed by atoms with E-state index in [-0.39, 0.29) is 11.2 Å². The minimum Gasteiger partial charge on any atom is -0.385 e. The Morgan fingerprint density at radius 2 is 2.05 bits per heavy atom. The molecule has 2 rings (SSSR count). The highest BCUT2D eigenvalue weighted by molar-refractivity contribution is 5.26. The van der Waals surface area contributed by atoms with Gasteiger partial charge in [-0.1, -0.05) is 25.5 Å². The smallest absolute Gasteiger partial charge is 0.123 e. The summed E-state index contributed by atoms with van der Waals surface area (Å²) in [4.78, 5) is 0. The molecule has 1 fully saturated rings. The molecular weight excluding hydrogens is 253 g/mol. The number of halogens is 1. The second-order valence-corrected chi connectivity index (χ2v) is 6.42. The molecule has 0 saturated heterocycles. The van der Waals surface area contributed by atoms with Gasteiger partial charge < -0.3 is 10.8 Å². The lowest BCUT2D eigenvalue weighted by Crippen LogP contribution is -2.50. The van der Waals surface area contributed by atoms with Crippen LogP contribution in [0.4, 0.5) is 4.39 Å². The van der Waals surface area contributed by atoms with Gasteiger partial charge in [0.1, 0.15) is 5.82 Å². The van der Waals surface area contributed by atoms with Crippen molar-refractivity contribution in [2.24, 2.45) is 17.1 Å². The van der Waals surface area contributed by atoms with Crippen LogP contribution in [-0.4, -0.2) is 11.7 Å². The first-order valence-corrected chi connectivity index (χ1v) is 7.63. The van der Waals surface area contributed by atoms with Crippen LogP contribution in [0.5, 0.6) is 0 Å². The summed E-state index contributed by atoms with van der Waals surface area (Å²) in [5.41, 5.74) is 5.25. The zero-order chi connectivity index (χ0) is 14.8. The molecule has 3 N–H and O–H groups in total. The Hall–Kier alpha value is -0.930. The van der Waals surface area contributed by atoms with Crippen molar-refractivity contribution >= 4 is 0 Å². The Bertz CT molecular complexity index is 450. The Morgan fingerprint density at radius 1 is 1.40 bits per heavy atom. The molecule has 1 atom stereocenters. The summed E-state index contributed by atoms with van der Waals surface area (Å²) >= 11 is 0. The summed E-state index contributed by atoms with van der Waals surface area (Å²) in [5, 5.41) is 11.1. The van der Waals surface area contributed by atoms with E-state index in [1.165, 1.54) is 18.6 Å². The van der Waals surface area contributed by atoms with E-state index in [0.29, 0.717) is 12.1 Å². The van der Waals surface area contributed by atoms with Crippen LogP contribution < -0.4 is 5.73 Å². The summed E-state index contributed by atoms with van der Waals surface area (Å²) in [7, 11) is 0. The highest BCUT2D eigenvalue weighted by Crippen LogP contribution is 2.50. The molecule has 0 aromatic heterocycles. The van der Waals surface area contributed by atoms with E-state index < -0.39 is 5.60 Å². The molecule has 1 aromatic carbocycles. The molecule has 112 valence electrons. The summed E-state index contributed by atoms with van der Waals surface area (Å²) in [5.74, 6) is 0.426. The zero-order valence-electron chi connectivity index (χ0n) is 12.5. The fourth-order valence-electron chi connectivity index (χ4n) is 3.63. The van der Waals surface area contributed by atoms with Gasteiger partial charge in [0, 0.05) is 12.0 Å². The van der Waals surface area contributed by atoms with Crippen LogP contribution in [0.3, 0.4) is 0 Å². The molecule has 20 heavy (non-hydrogen) atoms. The van der Waals surface area contributed by atoms with E-state index in [1.54, 1.807) is 19.1 Å². The average Bonchev–Trinajstić information content (AvgIpc) is 2.47. The fraction of sp³-hybridized carbons (Fsp3) is 0.647. The van der Waals surface area contributed by atoms with Crippen LogP contribution in [0.1, 0.15) is 51.5 Å². The fourth-order valence-corrected chi connectivity index (χ4v) is 3.63. The van der Waals surface area contributed by atoms with Crippen molar-refractivity contribution in [3.8, 4) is 0 Å². The van der Waals surface area contributed by atoms with Gasteiger partial charge in [0.15, 0.2) is 0 Å². The molecule has 1 aliphatic rings. The number of rotatable bonds is 4. The Morgan fingerprint density at radius 3 is 2.55 bits per heavy atom. The Balaban J connectivity index is 2.30. The van der Waals surface area contributed by atoms with Gasteiger partial charge in [0.05, 0.1) is 5.60 Å². The SMILES string of the molecule is CCC1CCC(CN)(C(C)(O)c2cccc(F)c2)CC1. The second-order valence-electron chi connectivity index (χ2n) is 6.42. The molecule has 0 aliphatic heterocycles. The quantitative estimate of drug-likeness (QED) is 0.885. The van der Waals surface area contributed by atoms with Crippen molar-refractivity contribution < 1.29 is 9.50 Å². The first-order valence-electron chi connectivity index (χ1n) is 7.63. The molecular formula is C17H26FNO. The molecule has 3 heteroatoms. The third-order valence-electron chi connectivity index (χ3n) is 5.45. The molecule has 2 nitrogen and oxygen atoms in total. The normalized spacial score (nSPS) is 29.9. The van der Waals surface area contributed by atoms with E-state index in [9.17, 15) is 9.50 Å². The van der Waals surface area contributed by atoms with E-state index in [4.69, 9.17) is 5.73 Å². The van der Waals surface area contributed by atoms with Crippen LogP contribution in [0.2, 0.25) is 0 Å². The molecule has 1 unspecified atom stereocenters. The van der Waals surface area contributed by atoms with Gasteiger partial charge in [-0.2, -0.15) is 0 Å². The van der Waals surface area contributed by atoms with Crippen molar-refractivity contribution in [2.45, 2.75) is 51.6 Å². The van der Waals surface area contributed by atoms with Gasteiger partial charge in [-0.3, -0.25) is 0 Å². The van der Waals surface area contributed by atoms with Crippen LogP contribution in [0.15, 0.2) is 24.3 Å². The molecule has 0 radical (unpaired) electrons. The Labute approximate surface area is 121 Å². The van der Waals surface area contributed by atoms with Gasteiger partial charge in [-0.15, -0.1) is 0 Å². The van der Waals surface area contributed by atoms with Crippen LogP contribution in [-0.2, 0) is 5.60 Å². The maximum absolute atomic E-state index is 13.5. The first kappa shape index (κ1) is 15.5. The number of benzene rings is 1. The standard InChI is InChI=1S/C17H26FNO/c1-3-13-7-9-17(12-19,10-8-13)16(2,20)14-5-4-6-15(18)11-14/h4-6,11,13,20H,3,7-10,12,19H2,1-2H3. The topological polar surface area (TPSA) is 46.2 Å². The minimum atomic E-state index is -1.08. The van der Waals surface area contributed by atoms with E-state index in [1.807, 2.05) is 0 Å². The van der Waals surface area contributed by atoms with Gasteiger partial charge in [-0.05, 0) is 56.2 Å². The third kappa shape index (κ3) is 2.61.